The zero-order valence-electron chi connectivity index (χ0n) is 12.4. The quantitative estimate of drug-likeness (QED) is 0.731. The van der Waals surface area contributed by atoms with Gasteiger partial charge in [-0.3, -0.25) is 0 Å². The first-order chi connectivity index (χ1) is 11.1. The highest BCUT2D eigenvalue weighted by Crippen LogP contribution is 2.28. The number of halogens is 2. The summed E-state index contributed by atoms with van der Waals surface area (Å²) in [6.07, 6.45) is 2.31. The molecule has 0 fully saturated rings. The number of ether oxygens (including phenoxy) is 1. The summed E-state index contributed by atoms with van der Waals surface area (Å²) in [4.78, 5) is 9.52. The maximum absolute atomic E-state index is 12.1. The summed E-state index contributed by atoms with van der Waals surface area (Å²) in [5.41, 5.74) is 2.19. The highest BCUT2D eigenvalue weighted by Gasteiger charge is 2.08. The van der Waals surface area contributed by atoms with Gasteiger partial charge in [-0.2, -0.15) is 8.78 Å². The Morgan fingerprint density at radius 2 is 2.00 bits per heavy atom. The lowest BCUT2D eigenvalue weighted by atomic mass is 10.1. The molecule has 0 radical (unpaired) electrons. The molecule has 0 saturated carbocycles. The number of nitrogens with one attached hydrogen (secondary N) is 1. The van der Waals surface area contributed by atoms with Gasteiger partial charge in [0.25, 0.3) is 0 Å². The zero-order chi connectivity index (χ0) is 16.2. The number of hydrogen-bond acceptors (Lipinski definition) is 5. The van der Waals surface area contributed by atoms with Gasteiger partial charge in [-0.25, -0.2) is 9.97 Å². The molecule has 3 rings (SSSR count). The zero-order valence-corrected chi connectivity index (χ0v) is 13.2. The number of aromatic nitrogens is 2. The van der Waals surface area contributed by atoms with Gasteiger partial charge in [0, 0.05) is 6.54 Å². The van der Waals surface area contributed by atoms with E-state index >= 15 is 0 Å². The van der Waals surface area contributed by atoms with Gasteiger partial charge in [0.2, 0.25) is 0 Å². The molecule has 3 aromatic rings. The third-order valence-corrected chi connectivity index (χ3v) is 4.41. The number of nitrogens with zero attached hydrogens (tertiary/aromatic N) is 2. The van der Waals surface area contributed by atoms with Crippen molar-refractivity contribution >= 4 is 27.4 Å². The van der Waals surface area contributed by atoms with Crippen LogP contribution in [0.15, 0.2) is 36.0 Å². The van der Waals surface area contributed by atoms with Crippen molar-refractivity contribution in [2.24, 2.45) is 0 Å². The van der Waals surface area contributed by atoms with Crippen LogP contribution in [0.25, 0.3) is 10.2 Å². The Kier molecular flexibility index (Phi) is 4.66. The number of thiophene rings is 1. The molecule has 0 amide bonds. The van der Waals surface area contributed by atoms with Crippen molar-refractivity contribution in [2.45, 2.75) is 20.0 Å². The molecule has 1 N–H and O–H groups in total. The van der Waals surface area contributed by atoms with Crippen LogP contribution >= 0.6 is 11.3 Å². The van der Waals surface area contributed by atoms with Crippen LogP contribution in [-0.4, -0.2) is 23.1 Å². The van der Waals surface area contributed by atoms with Crippen molar-refractivity contribution in [3.8, 4) is 5.75 Å². The van der Waals surface area contributed by atoms with Crippen LogP contribution in [0, 0.1) is 6.92 Å². The molecule has 0 atom stereocenters. The van der Waals surface area contributed by atoms with E-state index in [0.717, 1.165) is 33.6 Å². The van der Waals surface area contributed by atoms with E-state index in [-0.39, 0.29) is 5.75 Å². The Hall–Kier alpha value is -2.28. The number of alkyl halides is 2. The van der Waals surface area contributed by atoms with Gasteiger partial charge in [-0.1, -0.05) is 12.1 Å². The smallest absolute Gasteiger partial charge is 0.387 e. The second kappa shape index (κ2) is 6.87. The van der Waals surface area contributed by atoms with Gasteiger partial charge in [-0.05, 0) is 42.0 Å². The SMILES string of the molecule is Cc1csc2ncnc(NCCc3ccc(OC(F)F)cc3)c12. The lowest BCUT2D eigenvalue weighted by Crippen LogP contribution is -2.07. The van der Waals surface area contributed by atoms with Crippen LogP contribution in [0.5, 0.6) is 5.75 Å². The summed E-state index contributed by atoms with van der Waals surface area (Å²) in [5, 5.41) is 6.43. The molecule has 0 bridgehead atoms. The van der Waals surface area contributed by atoms with Gasteiger partial charge in [-0.15, -0.1) is 11.3 Å². The molecule has 0 unspecified atom stereocenters. The van der Waals surface area contributed by atoms with Crippen LogP contribution in [-0.2, 0) is 6.42 Å². The van der Waals surface area contributed by atoms with Crippen LogP contribution in [0.2, 0.25) is 0 Å². The predicted molar refractivity (Wildman–Crippen MR) is 87.4 cm³/mol. The Morgan fingerprint density at radius 3 is 2.74 bits per heavy atom. The van der Waals surface area contributed by atoms with Gasteiger partial charge in [0.1, 0.15) is 22.7 Å². The highest BCUT2D eigenvalue weighted by atomic mass is 32.1. The lowest BCUT2D eigenvalue weighted by molar-refractivity contribution is -0.0498. The van der Waals surface area contributed by atoms with Crippen LogP contribution in [0.1, 0.15) is 11.1 Å². The van der Waals surface area contributed by atoms with Gasteiger partial charge >= 0.3 is 6.61 Å². The van der Waals surface area contributed by atoms with E-state index in [2.05, 4.69) is 25.4 Å². The van der Waals surface area contributed by atoms with E-state index in [1.807, 2.05) is 6.92 Å². The van der Waals surface area contributed by atoms with Crippen molar-refractivity contribution in [3.05, 3.63) is 47.1 Å². The van der Waals surface area contributed by atoms with E-state index in [0.29, 0.717) is 6.54 Å². The number of aryl methyl sites for hydroxylation is 1. The number of hydrogen-bond donors (Lipinski definition) is 1. The molecular weight excluding hydrogens is 320 g/mol. The van der Waals surface area contributed by atoms with Crippen LogP contribution in [0.4, 0.5) is 14.6 Å². The van der Waals surface area contributed by atoms with Crippen molar-refractivity contribution in [3.63, 3.8) is 0 Å². The Bertz CT molecular complexity index is 790. The molecule has 0 spiro atoms. The minimum atomic E-state index is -2.79. The summed E-state index contributed by atoms with van der Waals surface area (Å²) < 4.78 is 28.5. The number of rotatable bonds is 6. The third-order valence-electron chi connectivity index (χ3n) is 3.41. The molecule has 0 aliphatic heterocycles. The monoisotopic (exact) mass is 335 g/mol. The molecule has 0 saturated heterocycles. The molecule has 2 heterocycles. The van der Waals surface area contributed by atoms with E-state index in [1.54, 1.807) is 41.9 Å². The molecule has 2 aromatic heterocycles. The lowest BCUT2D eigenvalue weighted by Gasteiger charge is -2.08. The standard InChI is InChI=1S/C16H15F2N3OS/c1-10-8-23-15-13(10)14(20-9-21-15)19-7-6-11-2-4-12(5-3-11)22-16(17)18/h2-5,8-9,16H,6-7H2,1H3,(H,19,20,21). The first-order valence-electron chi connectivity index (χ1n) is 7.10. The Morgan fingerprint density at radius 1 is 1.22 bits per heavy atom. The maximum Gasteiger partial charge on any atom is 0.387 e. The predicted octanol–water partition coefficient (Wildman–Crippen LogP) is 4.26. The normalized spacial score (nSPS) is 11.1. The highest BCUT2D eigenvalue weighted by molar-refractivity contribution is 7.17. The summed E-state index contributed by atoms with van der Waals surface area (Å²) in [6, 6.07) is 6.66. The third kappa shape index (κ3) is 3.73. The summed E-state index contributed by atoms with van der Waals surface area (Å²) >= 11 is 1.60. The minimum absolute atomic E-state index is 0.170. The van der Waals surface area contributed by atoms with Crippen molar-refractivity contribution in [2.75, 3.05) is 11.9 Å². The van der Waals surface area contributed by atoms with Crippen LogP contribution < -0.4 is 10.1 Å². The summed E-state index contributed by atoms with van der Waals surface area (Å²) in [5.74, 6) is 0.995. The second-order valence-corrected chi connectivity index (χ2v) is 5.88. The van der Waals surface area contributed by atoms with Crippen molar-refractivity contribution in [1.29, 1.82) is 0 Å². The molecular formula is C16H15F2N3OS. The summed E-state index contributed by atoms with van der Waals surface area (Å²) in [7, 11) is 0. The molecule has 1 aromatic carbocycles. The Labute approximate surface area is 136 Å². The summed E-state index contributed by atoms with van der Waals surface area (Å²) in [6.45, 7) is -0.0671. The van der Waals surface area contributed by atoms with Gasteiger partial charge in [0.05, 0.1) is 5.39 Å². The van der Waals surface area contributed by atoms with Gasteiger partial charge in [0.15, 0.2) is 0 Å². The fourth-order valence-electron chi connectivity index (χ4n) is 2.31. The average molecular weight is 335 g/mol. The first kappa shape index (κ1) is 15.6. The maximum atomic E-state index is 12.1. The first-order valence-corrected chi connectivity index (χ1v) is 7.98. The fourth-order valence-corrected chi connectivity index (χ4v) is 3.20. The second-order valence-electron chi connectivity index (χ2n) is 5.02. The van der Waals surface area contributed by atoms with E-state index in [4.69, 9.17) is 0 Å². The number of fused-ring (bicyclic) bond motifs is 1. The molecule has 0 aliphatic carbocycles. The molecule has 120 valence electrons. The molecule has 0 aliphatic rings. The fraction of sp³-hybridized carbons (Fsp3) is 0.250. The van der Waals surface area contributed by atoms with Crippen LogP contribution in [0.3, 0.4) is 0 Å². The molecule has 4 nitrogen and oxygen atoms in total. The minimum Gasteiger partial charge on any atom is -0.435 e. The van der Waals surface area contributed by atoms with Gasteiger partial charge < -0.3 is 10.1 Å². The Balaban J connectivity index is 1.61. The molecule has 7 heteroatoms. The van der Waals surface area contributed by atoms with Crippen molar-refractivity contribution < 1.29 is 13.5 Å². The number of benzene rings is 1. The van der Waals surface area contributed by atoms with E-state index in [1.165, 1.54) is 0 Å². The average Bonchev–Trinajstić information content (AvgIpc) is 2.91. The molecule has 23 heavy (non-hydrogen) atoms. The van der Waals surface area contributed by atoms with E-state index in [9.17, 15) is 8.78 Å². The van der Waals surface area contributed by atoms with Crippen molar-refractivity contribution in [1.82, 2.24) is 9.97 Å². The van der Waals surface area contributed by atoms with E-state index < -0.39 is 6.61 Å². The number of anilines is 1. The largest absolute Gasteiger partial charge is 0.435 e. The topological polar surface area (TPSA) is 47.0 Å².